The summed E-state index contributed by atoms with van der Waals surface area (Å²) < 4.78 is 0. The second kappa shape index (κ2) is 6.12. The Hall–Kier alpha value is -1.18. The molecule has 1 saturated heterocycles. The maximum atomic E-state index is 11.7. The van der Waals surface area contributed by atoms with Crippen molar-refractivity contribution in [1.82, 2.24) is 15.2 Å². The van der Waals surface area contributed by atoms with Gasteiger partial charge >= 0.3 is 4.87 Å². The average molecular weight is 270 g/mol. The molecule has 4 N–H and O–H groups in total. The molecule has 0 saturated carbocycles. The van der Waals surface area contributed by atoms with E-state index in [9.17, 15) is 9.59 Å². The highest BCUT2D eigenvalue weighted by molar-refractivity contribution is 7.07. The van der Waals surface area contributed by atoms with Gasteiger partial charge in [-0.3, -0.25) is 14.5 Å². The predicted molar refractivity (Wildman–Crippen MR) is 70.4 cm³/mol. The lowest BCUT2D eigenvalue weighted by atomic mass is 10.1. The van der Waals surface area contributed by atoms with Gasteiger partial charge in [0.1, 0.15) is 0 Å². The van der Waals surface area contributed by atoms with Crippen LogP contribution >= 0.6 is 11.3 Å². The second-order valence-corrected chi connectivity index (χ2v) is 5.41. The van der Waals surface area contributed by atoms with E-state index in [0.717, 1.165) is 43.0 Å². The van der Waals surface area contributed by atoms with Crippen LogP contribution in [-0.2, 0) is 11.3 Å². The van der Waals surface area contributed by atoms with E-state index in [-0.39, 0.29) is 16.8 Å². The largest absolute Gasteiger partial charge is 0.349 e. The summed E-state index contributed by atoms with van der Waals surface area (Å²) in [6, 6.07) is 0.278. The van der Waals surface area contributed by atoms with Gasteiger partial charge in [-0.1, -0.05) is 11.3 Å². The van der Waals surface area contributed by atoms with Crippen molar-refractivity contribution in [2.24, 2.45) is 5.73 Å². The Kier molecular flexibility index (Phi) is 4.51. The molecule has 100 valence electrons. The van der Waals surface area contributed by atoms with Crippen molar-refractivity contribution < 1.29 is 4.79 Å². The second-order valence-electron chi connectivity index (χ2n) is 4.56. The van der Waals surface area contributed by atoms with Crippen molar-refractivity contribution in [3.8, 4) is 0 Å². The first kappa shape index (κ1) is 13.3. The van der Waals surface area contributed by atoms with E-state index >= 15 is 0 Å². The van der Waals surface area contributed by atoms with E-state index in [2.05, 4.69) is 15.2 Å². The number of nitrogens with two attached hydrogens (primary N) is 1. The van der Waals surface area contributed by atoms with Gasteiger partial charge in [-0.05, 0) is 12.8 Å². The van der Waals surface area contributed by atoms with Gasteiger partial charge in [0.2, 0.25) is 5.91 Å². The molecule has 1 fully saturated rings. The standard InChI is InChI=1S/C11H18N4O2S/c12-8-1-3-15(4-2-8)6-10(16)13-5-9-7-18-11(17)14-9/h7-8H,1-6,12H2,(H,13,16)(H,14,17). The van der Waals surface area contributed by atoms with Crippen LogP contribution in [0.4, 0.5) is 0 Å². The Balaban J connectivity index is 1.70. The molecule has 2 rings (SSSR count). The summed E-state index contributed by atoms with van der Waals surface area (Å²) in [5.74, 6) is -0.0162. The van der Waals surface area contributed by atoms with Gasteiger partial charge < -0.3 is 16.0 Å². The van der Waals surface area contributed by atoms with E-state index in [1.165, 1.54) is 0 Å². The lowest BCUT2D eigenvalue weighted by Crippen LogP contribution is -2.44. The van der Waals surface area contributed by atoms with Crippen LogP contribution in [0.1, 0.15) is 18.5 Å². The first-order chi connectivity index (χ1) is 8.63. The van der Waals surface area contributed by atoms with Crippen LogP contribution in [0, 0.1) is 0 Å². The number of nitrogens with zero attached hydrogens (tertiary/aromatic N) is 1. The number of carbonyl (C=O) groups is 1. The topological polar surface area (TPSA) is 91.2 Å². The summed E-state index contributed by atoms with van der Waals surface area (Å²) in [7, 11) is 0. The van der Waals surface area contributed by atoms with Crippen LogP contribution in [-0.4, -0.2) is 41.5 Å². The van der Waals surface area contributed by atoms with E-state index in [1.54, 1.807) is 5.38 Å². The minimum Gasteiger partial charge on any atom is -0.349 e. The summed E-state index contributed by atoms with van der Waals surface area (Å²) in [6.07, 6.45) is 1.90. The number of hydrogen-bond acceptors (Lipinski definition) is 5. The molecule has 2 heterocycles. The summed E-state index contributed by atoms with van der Waals surface area (Å²) in [6.45, 7) is 2.54. The molecule has 0 radical (unpaired) electrons. The number of likely N-dealkylation sites (tertiary alicyclic amines) is 1. The van der Waals surface area contributed by atoms with Gasteiger partial charge in [-0.25, -0.2) is 0 Å². The molecular weight excluding hydrogens is 252 g/mol. The van der Waals surface area contributed by atoms with Crippen molar-refractivity contribution in [3.63, 3.8) is 0 Å². The number of aromatic amines is 1. The van der Waals surface area contributed by atoms with Crippen LogP contribution in [0.5, 0.6) is 0 Å². The van der Waals surface area contributed by atoms with Crippen molar-refractivity contribution >= 4 is 17.2 Å². The fourth-order valence-electron chi connectivity index (χ4n) is 1.96. The molecule has 18 heavy (non-hydrogen) atoms. The third-order valence-corrected chi connectivity index (χ3v) is 3.76. The van der Waals surface area contributed by atoms with Gasteiger partial charge in [0.05, 0.1) is 13.1 Å². The van der Waals surface area contributed by atoms with Crippen LogP contribution in [0.2, 0.25) is 0 Å². The predicted octanol–water partition coefficient (Wildman–Crippen LogP) is -0.524. The first-order valence-electron chi connectivity index (χ1n) is 6.05. The zero-order valence-electron chi connectivity index (χ0n) is 10.1. The highest BCUT2D eigenvalue weighted by Gasteiger charge is 2.17. The minimum absolute atomic E-state index is 0.0162. The van der Waals surface area contributed by atoms with Crippen LogP contribution in [0.25, 0.3) is 0 Å². The molecule has 0 aromatic carbocycles. The monoisotopic (exact) mass is 270 g/mol. The minimum atomic E-state index is -0.0933. The number of H-pyrrole nitrogens is 1. The van der Waals surface area contributed by atoms with Crippen LogP contribution < -0.4 is 15.9 Å². The molecule has 1 aromatic rings. The molecule has 0 unspecified atom stereocenters. The lowest BCUT2D eigenvalue weighted by molar-refractivity contribution is -0.122. The summed E-state index contributed by atoms with van der Waals surface area (Å²) >= 11 is 1.11. The molecule has 0 atom stereocenters. The van der Waals surface area contributed by atoms with Crippen LogP contribution in [0.15, 0.2) is 10.2 Å². The Bertz CT molecular complexity index is 448. The molecule has 1 aliphatic heterocycles. The zero-order valence-corrected chi connectivity index (χ0v) is 11.0. The highest BCUT2D eigenvalue weighted by Crippen LogP contribution is 2.07. The third-order valence-electron chi connectivity index (χ3n) is 3.05. The lowest BCUT2D eigenvalue weighted by Gasteiger charge is -2.29. The zero-order chi connectivity index (χ0) is 13.0. The molecule has 0 bridgehead atoms. The smallest absolute Gasteiger partial charge is 0.304 e. The van der Waals surface area contributed by atoms with Gasteiger partial charge in [-0.15, -0.1) is 0 Å². The van der Waals surface area contributed by atoms with Crippen molar-refractivity contribution in [2.75, 3.05) is 19.6 Å². The Labute approximate surface area is 109 Å². The Morgan fingerprint density at radius 3 is 2.89 bits per heavy atom. The van der Waals surface area contributed by atoms with E-state index in [4.69, 9.17) is 5.73 Å². The number of carbonyl (C=O) groups excluding carboxylic acids is 1. The average Bonchev–Trinajstić information content (AvgIpc) is 2.76. The summed E-state index contributed by atoms with van der Waals surface area (Å²) in [5, 5.41) is 4.52. The summed E-state index contributed by atoms with van der Waals surface area (Å²) in [5.41, 5.74) is 6.55. The molecular formula is C11H18N4O2S. The highest BCUT2D eigenvalue weighted by atomic mass is 32.1. The van der Waals surface area contributed by atoms with E-state index in [1.807, 2.05) is 0 Å². The van der Waals surface area contributed by atoms with Crippen molar-refractivity contribution in [1.29, 1.82) is 0 Å². The van der Waals surface area contributed by atoms with Crippen LogP contribution in [0.3, 0.4) is 0 Å². The quantitative estimate of drug-likeness (QED) is 0.686. The molecule has 1 aromatic heterocycles. The van der Waals surface area contributed by atoms with Gasteiger partial charge in [0.15, 0.2) is 0 Å². The number of amides is 1. The fraction of sp³-hybridized carbons (Fsp3) is 0.636. The van der Waals surface area contributed by atoms with Crippen molar-refractivity contribution in [2.45, 2.75) is 25.4 Å². The molecule has 0 aliphatic carbocycles. The van der Waals surface area contributed by atoms with Gasteiger partial charge in [0.25, 0.3) is 0 Å². The van der Waals surface area contributed by atoms with Gasteiger partial charge in [0, 0.05) is 30.2 Å². The number of thiazole rings is 1. The maximum Gasteiger partial charge on any atom is 0.304 e. The Morgan fingerprint density at radius 2 is 2.28 bits per heavy atom. The maximum absolute atomic E-state index is 11.7. The number of rotatable bonds is 4. The first-order valence-corrected chi connectivity index (χ1v) is 6.93. The number of nitrogens with one attached hydrogen (secondary N) is 2. The van der Waals surface area contributed by atoms with E-state index in [0.29, 0.717) is 13.1 Å². The molecule has 7 heteroatoms. The third kappa shape index (κ3) is 3.94. The molecule has 1 aliphatic rings. The molecule has 0 spiro atoms. The molecule has 6 nitrogen and oxygen atoms in total. The number of aromatic nitrogens is 1. The number of hydrogen-bond donors (Lipinski definition) is 3. The molecule has 1 amide bonds. The summed E-state index contributed by atoms with van der Waals surface area (Å²) in [4.78, 5) is 27.3. The van der Waals surface area contributed by atoms with Gasteiger partial charge in [-0.2, -0.15) is 0 Å². The SMILES string of the molecule is NC1CCN(CC(=O)NCc2csc(=O)[nH]2)CC1. The normalized spacial score (nSPS) is 17.8. The van der Waals surface area contributed by atoms with Crippen molar-refractivity contribution in [3.05, 3.63) is 20.7 Å². The fourth-order valence-corrected chi connectivity index (χ4v) is 2.55. The Morgan fingerprint density at radius 1 is 1.56 bits per heavy atom. The van der Waals surface area contributed by atoms with E-state index < -0.39 is 0 Å². The number of piperidine rings is 1.